The van der Waals surface area contributed by atoms with Gasteiger partial charge >= 0.3 is 0 Å². The Morgan fingerprint density at radius 2 is 1.53 bits per heavy atom. The van der Waals surface area contributed by atoms with Gasteiger partial charge in [0.1, 0.15) is 5.03 Å². The third-order valence-corrected chi connectivity index (χ3v) is 4.93. The third-order valence-electron chi connectivity index (χ3n) is 3.10. The number of aromatic nitrogens is 1. The average Bonchev–Trinajstić information content (AvgIpc) is 2.29. The first-order valence-electron chi connectivity index (χ1n) is 6.28. The maximum Gasteiger partial charge on any atom is 0.105 e. The molecule has 0 saturated carbocycles. The lowest BCUT2D eigenvalue weighted by Crippen LogP contribution is -1.93. The largest absolute Gasteiger partial charge is 0.246 e. The van der Waals surface area contributed by atoms with Crippen LogP contribution in [-0.4, -0.2) is 4.98 Å². The van der Waals surface area contributed by atoms with Crippen LogP contribution in [0.3, 0.4) is 0 Å². The molecule has 0 N–H and O–H groups in total. The van der Waals surface area contributed by atoms with Crippen LogP contribution >= 0.6 is 23.4 Å². The second-order valence-corrected chi connectivity index (χ2v) is 6.41. The predicted octanol–water partition coefficient (Wildman–Crippen LogP) is 5.43. The first-order chi connectivity index (χ1) is 8.88. The normalized spacial score (nSPS) is 10.8. The van der Waals surface area contributed by atoms with E-state index in [1.807, 2.05) is 19.9 Å². The van der Waals surface area contributed by atoms with Crippen molar-refractivity contribution in [1.82, 2.24) is 4.98 Å². The Morgan fingerprint density at radius 3 is 2.11 bits per heavy atom. The second-order valence-electron chi connectivity index (χ2n) is 5.01. The van der Waals surface area contributed by atoms with Crippen molar-refractivity contribution in [2.24, 2.45) is 0 Å². The Labute approximate surface area is 124 Å². The summed E-state index contributed by atoms with van der Waals surface area (Å²) in [6.07, 6.45) is 0. The Hall–Kier alpha value is -0.990. The molecule has 2 aromatic rings. The van der Waals surface area contributed by atoms with Gasteiger partial charge in [-0.25, -0.2) is 4.98 Å². The van der Waals surface area contributed by atoms with Crippen molar-refractivity contribution < 1.29 is 0 Å². The van der Waals surface area contributed by atoms with E-state index in [1.165, 1.54) is 21.6 Å². The van der Waals surface area contributed by atoms with Gasteiger partial charge in [-0.2, -0.15) is 0 Å². The molecule has 0 aliphatic heterocycles. The number of rotatable bonds is 2. The van der Waals surface area contributed by atoms with Gasteiger partial charge in [-0.15, -0.1) is 0 Å². The smallest absolute Gasteiger partial charge is 0.105 e. The van der Waals surface area contributed by atoms with Crippen LogP contribution in [0.1, 0.15) is 27.9 Å². The molecule has 19 heavy (non-hydrogen) atoms. The van der Waals surface area contributed by atoms with Gasteiger partial charge in [0, 0.05) is 21.2 Å². The summed E-state index contributed by atoms with van der Waals surface area (Å²) in [5.74, 6) is 0. The van der Waals surface area contributed by atoms with Gasteiger partial charge in [0.05, 0.1) is 0 Å². The van der Waals surface area contributed by atoms with Crippen LogP contribution < -0.4 is 0 Å². The molecule has 0 atom stereocenters. The van der Waals surface area contributed by atoms with Gasteiger partial charge < -0.3 is 0 Å². The molecule has 2 rings (SSSR count). The molecule has 0 unspecified atom stereocenters. The molecule has 0 saturated heterocycles. The van der Waals surface area contributed by atoms with Gasteiger partial charge in [-0.3, -0.25) is 0 Å². The van der Waals surface area contributed by atoms with E-state index >= 15 is 0 Å². The fraction of sp³-hybridized carbons (Fsp3) is 0.312. The van der Waals surface area contributed by atoms with E-state index in [2.05, 4.69) is 37.9 Å². The molecule has 1 heterocycles. The van der Waals surface area contributed by atoms with E-state index in [0.717, 1.165) is 21.3 Å². The number of pyridine rings is 1. The second kappa shape index (κ2) is 5.56. The van der Waals surface area contributed by atoms with Crippen molar-refractivity contribution in [2.45, 2.75) is 44.5 Å². The highest BCUT2D eigenvalue weighted by molar-refractivity contribution is 7.99. The Morgan fingerprint density at radius 1 is 0.947 bits per heavy atom. The Kier molecular flexibility index (Phi) is 4.22. The summed E-state index contributed by atoms with van der Waals surface area (Å²) in [4.78, 5) is 5.89. The lowest BCUT2D eigenvalue weighted by Gasteiger charge is -2.13. The van der Waals surface area contributed by atoms with E-state index in [1.54, 1.807) is 11.8 Å². The van der Waals surface area contributed by atoms with E-state index in [9.17, 15) is 0 Å². The zero-order chi connectivity index (χ0) is 14.2. The SMILES string of the molecule is Cc1cc(C)c(Sc2nc(C)cc(Cl)c2C)c(C)c1. The van der Waals surface area contributed by atoms with Crippen LogP contribution in [0, 0.1) is 34.6 Å². The number of hydrogen-bond donors (Lipinski definition) is 0. The maximum atomic E-state index is 6.24. The molecular formula is C16H18ClNS. The van der Waals surface area contributed by atoms with Crippen LogP contribution in [0.2, 0.25) is 5.02 Å². The molecule has 100 valence electrons. The first-order valence-corrected chi connectivity index (χ1v) is 7.47. The van der Waals surface area contributed by atoms with Gasteiger partial charge in [-0.05, 0) is 51.8 Å². The summed E-state index contributed by atoms with van der Waals surface area (Å²) < 4.78 is 0. The highest BCUT2D eigenvalue weighted by Crippen LogP contribution is 2.36. The molecule has 0 spiro atoms. The van der Waals surface area contributed by atoms with Crippen molar-refractivity contribution in [3.63, 3.8) is 0 Å². The Balaban J connectivity index is 2.48. The van der Waals surface area contributed by atoms with Gasteiger partial charge in [0.15, 0.2) is 0 Å². The minimum absolute atomic E-state index is 0.789. The summed E-state index contributed by atoms with van der Waals surface area (Å²) >= 11 is 7.95. The molecule has 0 radical (unpaired) electrons. The average molecular weight is 292 g/mol. The molecular weight excluding hydrogens is 274 g/mol. The molecule has 0 amide bonds. The molecule has 1 aromatic carbocycles. The molecule has 0 fully saturated rings. The van der Waals surface area contributed by atoms with E-state index in [0.29, 0.717) is 0 Å². The minimum atomic E-state index is 0.789. The van der Waals surface area contributed by atoms with Crippen molar-refractivity contribution in [1.29, 1.82) is 0 Å². The van der Waals surface area contributed by atoms with Crippen LogP contribution in [-0.2, 0) is 0 Å². The Bertz CT molecular complexity index is 612. The van der Waals surface area contributed by atoms with Crippen molar-refractivity contribution in [3.05, 3.63) is 51.2 Å². The molecule has 3 heteroatoms. The molecule has 1 nitrogen and oxygen atoms in total. The number of benzene rings is 1. The summed E-state index contributed by atoms with van der Waals surface area (Å²) in [5, 5.41) is 1.79. The number of hydrogen-bond acceptors (Lipinski definition) is 2. The zero-order valence-electron chi connectivity index (χ0n) is 12.0. The topological polar surface area (TPSA) is 12.9 Å². The maximum absolute atomic E-state index is 6.24. The highest BCUT2D eigenvalue weighted by Gasteiger charge is 2.11. The molecule has 0 bridgehead atoms. The molecule has 1 aromatic heterocycles. The van der Waals surface area contributed by atoms with Crippen molar-refractivity contribution in [2.75, 3.05) is 0 Å². The summed E-state index contributed by atoms with van der Waals surface area (Å²) in [6, 6.07) is 6.33. The van der Waals surface area contributed by atoms with E-state index in [4.69, 9.17) is 11.6 Å². The zero-order valence-corrected chi connectivity index (χ0v) is 13.5. The highest BCUT2D eigenvalue weighted by atomic mass is 35.5. The van der Waals surface area contributed by atoms with Crippen LogP contribution in [0.5, 0.6) is 0 Å². The van der Waals surface area contributed by atoms with Crippen molar-refractivity contribution in [3.8, 4) is 0 Å². The molecule has 0 aliphatic rings. The lowest BCUT2D eigenvalue weighted by atomic mass is 10.1. The predicted molar refractivity (Wildman–Crippen MR) is 83.5 cm³/mol. The quantitative estimate of drug-likeness (QED) is 0.732. The van der Waals surface area contributed by atoms with E-state index < -0.39 is 0 Å². The fourth-order valence-corrected chi connectivity index (χ4v) is 3.58. The summed E-state index contributed by atoms with van der Waals surface area (Å²) in [7, 11) is 0. The van der Waals surface area contributed by atoms with Gasteiger partial charge in [-0.1, -0.05) is 41.1 Å². The summed E-state index contributed by atoms with van der Waals surface area (Å²) in [6.45, 7) is 10.4. The lowest BCUT2D eigenvalue weighted by molar-refractivity contribution is 1.02. The standard InChI is InChI=1S/C16H18ClNS/c1-9-6-10(2)15(11(3)7-9)19-16-13(5)14(17)8-12(4)18-16/h6-8H,1-5H3. The van der Waals surface area contributed by atoms with Crippen LogP contribution in [0.25, 0.3) is 0 Å². The van der Waals surface area contributed by atoms with Crippen molar-refractivity contribution >= 4 is 23.4 Å². The van der Waals surface area contributed by atoms with Gasteiger partial charge in [0.25, 0.3) is 0 Å². The third kappa shape index (κ3) is 3.13. The van der Waals surface area contributed by atoms with E-state index in [-0.39, 0.29) is 0 Å². The van der Waals surface area contributed by atoms with Crippen LogP contribution in [0.15, 0.2) is 28.1 Å². The van der Waals surface area contributed by atoms with Gasteiger partial charge in [0.2, 0.25) is 0 Å². The summed E-state index contributed by atoms with van der Waals surface area (Å²) in [5.41, 5.74) is 5.89. The first kappa shape index (κ1) is 14.4. The fourth-order valence-electron chi connectivity index (χ4n) is 2.19. The monoisotopic (exact) mass is 291 g/mol. The van der Waals surface area contributed by atoms with Crippen LogP contribution in [0.4, 0.5) is 0 Å². The number of halogens is 1. The minimum Gasteiger partial charge on any atom is -0.246 e. The molecule has 0 aliphatic carbocycles. The number of nitrogens with zero attached hydrogens (tertiary/aromatic N) is 1. The number of aryl methyl sites for hydroxylation is 4.